The van der Waals surface area contributed by atoms with Crippen molar-refractivity contribution in [2.75, 3.05) is 0 Å². The number of nitroso groups, excluding NO2 is 1. The van der Waals surface area contributed by atoms with E-state index >= 15 is 8.78 Å². The quantitative estimate of drug-likeness (QED) is 0.0705. The molecule has 1 unspecified atom stereocenters. The molecule has 0 radical (unpaired) electrons. The number of carbonyl (C=O) groups is 1. The van der Waals surface area contributed by atoms with E-state index in [9.17, 15) is 46.7 Å². The van der Waals surface area contributed by atoms with E-state index in [1.807, 2.05) is 17.3 Å². The number of nitriles is 2. The summed E-state index contributed by atoms with van der Waals surface area (Å²) in [6.45, 7) is 0. The van der Waals surface area contributed by atoms with E-state index in [4.69, 9.17) is 0 Å². The lowest BCUT2D eigenvalue weighted by Crippen LogP contribution is -2.14. The van der Waals surface area contributed by atoms with Crippen molar-refractivity contribution in [2.45, 2.75) is 11.3 Å². The summed E-state index contributed by atoms with van der Waals surface area (Å²) in [7, 11) is 0. The SMILES string of the molecule is N#Cc1cccc(C#N)c1-c1c(-c2cccc(-c3c(F)c(F)c(C(=O)N=O)c(F)c3F)c2)n([S+]([O-])c2ccc(C(F)F)cc2)c2ccc(F)cc12. The Kier molecular flexibility index (Phi) is 9.18. The maximum Gasteiger partial charge on any atom is 0.322 e. The van der Waals surface area contributed by atoms with Gasteiger partial charge in [-0.1, -0.05) is 24.3 Å². The Morgan fingerprint density at radius 2 is 1.33 bits per heavy atom. The highest BCUT2D eigenvalue weighted by Crippen LogP contribution is 2.46. The zero-order valence-corrected chi connectivity index (χ0v) is 26.0. The van der Waals surface area contributed by atoms with Crippen molar-refractivity contribution < 1.29 is 40.1 Å². The van der Waals surface area contributed by atoms with Crippen LogP contribution in [-0.4, -0.2) is 14.4 Å². The van der Waals surface area contributed by atoms with Crippen LogP contribution < -0.4 is 0 Å². The van der Waals surface area contributed by atoms with E-state index in [1.165, 1.54) is 36.4 Å². The van der Waals surface area contributed by atoms with Gasteiger partial charge in [-0.25, -0.2) is 30.7 Å². The average molecular weight is 717 g/mol. The first-order valence-electron chi connectivity index (χ1n) is 14.4. The van der Waals surface area contributed by atoms with Gasteiger partial charge in [0.05, 0.1) is 34.3 Å². The van der Waals surface area contributed by atoms with Crippen LogP contribution in [0.4, 0.5) is 30.7 Å². The molecule has 15 heteroatoms. The first-order chi connectivity index (χ1) is 24.4. The van der Waals surface area contributed by atoms with Crippen LogP contribution in [0.25, 0.3) is 44.4 Å². The summed E-state index contributed by atoms with van der Waals surface area (Å²) in [5.74, 6) is -11.4. The maximum absolute atomic E-state index is 15.4. The van der Waals surface area contributed by atoms with Gasteiger partial charge in [-0.3, -0.25) is 4.79 Å². The first kappa shape index (κ1) is 34.6. The molecule has 252 valence electrons. The van der Waals surface area contributed by atoms with Crippen LogP contribution in [0.5, 0.6) is 0 Å². The van der Waals surface area contributed by atoms with Crippen LogP contribution in [0.1, 0.15) is 33.5 Å². The fraction of sp³-hybridized carbons (Fsp3) is 0.0278. The zero-order chi connectivity index (χ0) is 36.7. The van der Waals surface area contributed by atoms with E-state index in [0.29, 0.717) is 0 Å². The Hall–Kier alpha value is -6.29. The second kappa shape index (κ2) is 13.5. The highest BCUT2D eigenvalue weighted by molar-refractivity contribution is 7.90. The van der Waals surface area contributed by atoms with Crippen molar-refractivity contribution in [3.8, 4) is 45.6 Å². The average Bonchev–Trinajstić information content (AvgIpc) is 3.47. The second-order valence-corrected chi connectivity index (χ2v) is 12.1. The van der Waals surface area contributed by atoms with Gasteiger partial charge in [0.1, 0.15) is 28.4 Å². The molecule has 0 saturated heterocycles. The molecular formula is C36H15F7N4O3S. The van der Waals surface area contributed by atoms with Gasteiger partial charge in [-0.15, -0.1) is 4.91 Å². The molecule has 0 aliphatic rings. The van der Waals surface area contributed by atoms with Crippen LogP contribution in [0.2, 0.25) is 0 Å². The number of alkyl halides is 2. The molecule has 1 amide bonds. The number of halogens is 7. The lowest BCUT2D eigenvalue weighted by Gasteiger charge is -2.17. The van der Waals surface area contributed by atoms with Crippen molar-refractivity contribution in [3.63, 3.8) is 0 Å². The molecular weight excluding hydrogens is 701 g/mol. The molecule has 0 aliphatic carbocycles. The molecule has 7 nitrogen and oxygen atoms in total. The molecule has 6 aromatic rings. The molecule has 1 aromatic heterocycles. The van der Waals surface area contributed by atoms with Crippen molar-refractivity contribution in [1.82, 2.24) is 3.97 Å². The summed E-state index contributed by atoms with van der Waals surface area (Å²) in [6, 6.07) is 20.3. The first-order valence-corrected chi connectivity index (χ1v) is 15.5. The number of amides is 1. The Balaban J connectivity index is 1.74. The molecule has 5 aromatic carbocycles. The third-order valence-corrected chi connectivity index (χ3v) is 9.31. The Morgan fingerprint density at radius 1 is 0.745 bits per heavy atom. The largest absolute Gasteiger partial charge is 0.587 e. The van der Waals surface area contributed by atoms with Gasteiger partial charge in [0.2, 0.25) is 0 Å². The summed E-state index contributed by atoms with van der Waals surface area (Å²) in [5.41, 5.74) is -4.56. The number of rotatable bonds is 7. The minimum absolute atomic E-state index is 0.00540. The Morgan fingerprint density at radius 3 is 1.90 bits per heavy atom. The molecule has 0 N–H and O–H groups in total. The third-order valence-electron chi connectivity index (χ3n) is 7.93. The molecule has 6 rings (SSSR count). The highest BCUT2D eigenvalue weighted by atomic mass is 32.2. The Labute approximate surface area is 285 Å². The number of aromatic nitrogens is 1. The summed E-state index contributed by atoms with van der Waals surface area (Å²) in [4.78, 5) is 22.3. The minimum atomic E-state index is -2.85. The normalized spacial score (nSPS) is 11.7. The summed E-state index contributed by atoms with van der Waals surface area (Å²) in [6.07, 6.45) is -2.85. The number of benzene rings is 5. The van der Waals surface area contributed by atoms with Crippen LogP contribution in [-0.2, 0) is 11.4 Å². The van der Waals surface area contributed by atoms with E-state index in [0.717, 1.165) is 52.5 Å². The van der Waals surface area contributed by atoms with Crippen LogP contribution >= 0.6 is 0 Å². The van der Waals surface area contributed by atoms with Crippen molar-refractivity contribution >= 4 is 28.2 Å². The van der Waals surface area contributed by atoms with E-state index in [1.54, 1.807) is 0 Å². The molecule has 0 bridgehead atoms. The number of hydrogen-bond acceptors (Lipinski definition) is 5. The van der Waals surface area contributed by atoms with Crippen molar-refractivity contribution in [3.05, 3.63) is 141 Å². The van der Waals surface area contributed by atoms with Gasteiger partial charge in [-0.2, -0.15) is 14.5 Å². The van der Waals surface area contributed by atoms with Crippen LogP contribution in [0.15, 0.2) is 95.0 Å². The fourth-order valence-corrected chi connectivity index (χ4v) is 6.99. The molecule has 0 aliphatic heterocycles. The molecule has 0 saturated carbocycles. The highest BCUT2D eigenvalue weighted by Gasteiger charge is 2.33. The lowest BCUT2D eigenvalue weighted by molar-refractivity contribution is 0.0990. The van der Waals surface area contributed by atoms with Crippen molar-refractivity contribution in [1.29, 1.82) is 10.5 Å². The van der Waals surface area contributed by atoms with Crippen LogP contribution in [0, 0.1) is 56.7 Å². The molecule has 1 atom stereocenters. The van der Waals surface area contributed by atoms with Gasteiger partial charge in [-0.05, 0) is 66.2 Å². The number of nitrogens with zero attached hydrogens (tertiary/aromatic N) is 4. The molecule has 0 spiro atoms. The van der Waals surface area contributed by atoms with Gasteiger partial charge in [0.25, 0.3) is 6.43 Å². The predicted molar refractivity (Wildman–Crippen MR) is 171 cm³/mol. The van der Waals surface area contributed by atoms with E-state index < -0.39 is 69.5 Å². The summed E-state index contributed by atoms with van der Waals surface area (Å²) in [5, 5.41) is 22.0. The van der Waals surface area contributed by atoms with Gasteiger partial charge in [0.15, 0.2) is 28.2 Å². The molecule has 1 heterocycles. The fourth-order valence-electron chi connectivity index (χ4n) is 5.71. The Bertz CT molecular complexity index is 2450. The lowest BCUT2D eigenvalue weighted by atomic mass is 9.90. The van der Waals surface area contributed by atoms with E-state index in [2.05, 4.69) is 0 Å². The zero-order valence-electron chi connectivity index (χ0n) is 25.2. The summed E-state index contributed by atoms with van der Waals surface area (Å²) >= 11 is -2.37. The smallest absolute Gasteiger partial charge is 0.322 e. The van der Waals surface area contributed by atoms with Crippen molar-refractivity contribution in [2.24, 2.45) is 5.18 Å². The van der Waals surface area contributed by atoms with Crippen LogP contribution in [0.3, 0.4) is 0 Å². The topological polar surface area (TPSA) is 122 Å². The summed E-state index contributed by atoms with van der Waals surface area (Å²) < 4.78 is 118. The molecule has 0 fully saturated rings. The standard InChI is InChI=1S/C36H15F7N4O3S/c37-22-9-12-25-24(14-22)28(26-20(15-44)5-2-6-21(26)16-45)34(47(25)51(50)23-10-7-17(8-11-23)35(42)43)19-4-1-3-18(13-19)27-30(38)32(40)29(36(48)46-49)33(41)31(27)39/h1-14,35H. The van der Waals surface area contributed by atoms with Gasteiger partial charge < -0.3 is 4.55 Å². The van der Waals surface area contributed by atoms with Gasteiger partial charge >= 0.3 is 5.91 Å². The molecule has 51 heavy (non-hydrogen) atoms. The number of carbonyl (C=O) groups excluding carboxylic acids is 1. The monoisotopic (exact) mass is 716 g/mol. The number of hydrogen-bond donors (Lipinski definition) is 0. The minimum Gasteiger partial charge on any atom is -0.587 e. The third kappa shape index (κ3) is 5.78. The predicted octanol–water partition coefficient (Wildman–Crippen LogP) is 9.50. The van der Waals surface area contributed by atoms with Gasteiger partial charge in [0, 0.05) is 32.8 Å². The maximum atomic E-state index is 15.4. The van der Waals surface area contributed by atoms with E-state index in [-0.39, 0.29) is 54.9 Å². The second-order valence-electron chi connectivity index (χ2n) is 10.7. The number of fused-ring (bicyclic) bond motifs is 1.